The van der Waals surface area contributed by atoms with Gasteiger partial charge >= 0.3 is 0 Å². The molecule has 150 valence electrons. The number of amidine groups is 1. The van der Waals surface area contributed by atoms with Gasteiger partial charge in [0, 0.05) is 12.5 Å². The van der Waals surface area contributed by atoms with E-state index in [1.54, 1.807) is 0 Å². The van der Waals surface area contributed by atoms with Gasteiger partial charge < -0.3 is 5.73 Å². The molecule has 1 aromatic carbocycles. The Kier molecular flexibility index (Phi) is 6.71. The van der Waals surface area contributed by atoms with Crippen molar-refractivity contribution in [3.05, 3.63) is 40.4 Å². The van der Waals surface area contributed by atoms with E-state index in [1.165, 1.54) is 12.1 Å². The number of nitrogens with two attached hydrogens (primary N) is 1. The van der Waals surface area contributed by atoms with Crippen LogP contribution in [0.3, 0.4) is 0 Å². The molecule has 1 heterocycles. The summed E-state index contributed by atoms with van der Waals surface area (Å²) >= 11 is 5.74. The van der Waals surface area contributed by atoms with Crippen LogP contribution in [0.5, 0.6) is 0 Å². The molecule has 0 bridgehead atoms. The summed E-state index contributed by atoms with van der Waals surface area (Å²) in [6, 6.07) is 4.05. The standard InChI is InChI=1S/C18H21ClFN5O3/c19-14-8-12(5-6-15(14)20)22-18(23-27)17-16(24-28-25-17)9-13(26)7-10-1-3-11(21)4-2-10/h5-6,8,10-11,27H,1-4,7,9,21H2,(H,22,23). The molecule has 28 heavy (non-hydrogen) atoms. The van der Waals surface area contributed by atoms with E-state index in [2.05, 4.69) is 15.3 Å². The van der Waals surface area contributed by atoms with Gasteiger partial charge in [-0.05, 0) is 55.0 Å². The average Bonchev–Trinajstić information content (AvgIpc) is 3.12. The summed E-state index contributed by atoms with van der Waals surface area (Å²) in [6.07, 6.45) is 4.18. The monoisotopic (exact) mass is 409 g/mol. The van der Waals surface area contributed by atoms with E-state index < -0.39 is 5.82 Å². The van der Waals surface area contributed by atoms with Gasteiger partial charge in [-0.15, -0.1) is 0 Å². The largest absolute Gasteiger partial charge is 0.328 e. The maximum atomic E-state index is 13.3. The molecule has 0 unspecified atom stereocenters. The van der Waals surface area contributed by atoms with Crippen LogP contribution < -0.4 is 11.2 Å². The molecule has 0 saturated heterocycles. The molecule has 8 nitrogen and oxygen atoms in total. The highest BCUT2D eigenvalue weighted by Gasteiger charge is 2.24. The molecule has 4 N–H and O–H groups in total. The van der Waals surface area contributed by atoms with Crippen LogP contribution in [-0.2, 0) is 11.2 Å². The summed E-state index contributed by atoms with van der Waals surface area (Å²) in [4.78, 5) is 16.6. The van der Waals surface area contributed by atoms with Gasteiger partial charge in [-0.25, -0.2) is 14.0 Å². The summed E-state index contributed by atoms with van der Waals surface area (Å²) in [5.41, 5.74) is 8.44. The van der Waals surface area contributed by atoms with E-state index in [0.29, 0.717) is 12.3 Å². The SMILES string of the molecule is NC1CCC(CC(=O)Cc2nonc2C(=Nc2ccc(F)c(Cl)c2)NO)CC1. The average molecular weight is 410 g/mol. The van der Waals surface area contributed by atoms with Crippen molar-refractivity contribution in [3.8, 4) is 0 Å². The van der Waals surface area contributed by atoms with Crippen LogP contribution in [0.15, 0.2) is 27.8 Å². The van der Waals surface area contributed by atoms with Crippen molar-refractivity contribution >= 4 is 28.9 Å². The lowest BCUT2D eigenvalue weighted by Gasteiger charge is -2.25. The predicted octanol–water partition coefficient (Wildman–Crippen LogP) is 2.94. The lowest BCUT2D eigenvalue weighted by molar-refractivity contribution is -0.119. The van der Waals surface area contributed by atoms with Gasteiger partial charge in [0.2, 0.25) is 0 Å². The topological polar surface area (TPSA) is 127 Å². The lowest BCUT2D eigenvalue weighted by Crippen LogP contribution is -2.28. The molecule has 10 heteroatoms. The second-order valence-corrected chi connectivity index (χ2v) is 7.34. The zero-order chi connectivity index (χ0) is 20.1. The number of carbonyl (C=O) groups excluding carboxylic acids is 1. The van der Waals surface area contributed by atoms with Gasteiger partial charge in [0.25, 0.3) is 0 Å². The Morgan fingerprint density at radius 2 is 2.11 bits per heavy atom. The van der Waals surface area contributed by atoms with Crippen LogP contribution in [0.25, 0.3) is 0 Å². The number of carbonyl (C=O) groups is 1. The first-order chi connectivity index (χ1) is 13.5. The van der Waals surface area contributed by atoms with Gasteiger partial charge in [-0.1, -0.05) is 16.8 Å². The van der Waals surface area contributed by atoms with Crippen LogP contribution in [0, 0.1) is 11.7 Å². The highest BCUT2D eigenvalue weighted by molar-refractivity contribution is 6.31. The minimum absolute atomic E-state index is 0.000428. The molecule has 0 aliphatic heterocycles. The Morgan fingerprint density at radius 3 is 2.79 bits per heavy atom. The third-order valence-corrected chi connectivity index (χ3v) is 5.09. The molecule has 1 fully saturated rings. The molecule has 0 spiro atoms. The molecule has 2 aromatic rings. The van der Waals surface area contributed by atoms with Gasteiger partial charge in [0.1, 0.15) is 17.3 Å². The van der Waals surface area contributed by atoms with E-state index in [1.807, 2.05) is 5.48 Å². The van der Waals surface area contributed by atoms with Crippen molar-refractivity contribution in [2.75, 3.05) is 0 Å². The number of aromatic nitrogens is 2. The number of ketones is 1. The third kappa shape index (κ3) is 5.12. The maximum Gasteiger partial charge on any atom is 0.182 e. The van der Waals surface area contributed by atoms with E-state index >= 15 is 0 Å². The molecule has 0 atom stereocenters. The quantitative estimate of drug-likeness (QED) is 0.380. The van der Waals surface area contributed by atoms with Crippen LogP contribution in [0.1, 0.15) is 43.5 Å². The van der Waals surface area contributed by atoms with Crippen molar-refractivity contribution in [1.29, 1.82) is 0 Å². The molecule has 0 amide bonds. The van der Waals surface area contributed by atoms with E-state index in [0.717, 1.165) is 31.7 Å². The number of hydrogen-bond acceptors (Lipinski definition) is 7. The predicted molar refractivity (Wildman–Crippen MR) is 100 cm³/mol. The van der Waals surface area contributed by atoms with Gasteiger partial charge in [0.15, 0.2) is 11.5 Å². The molecule has 3 rings (SSSR count). The van der Waals surface area contributed by atoms with Crippen molar-refractivity contribution in [2.45, 2.75) is 44.6 Å². The van der Waals surface area contributed by atoms with Crippen molar-refractivity contribution < 1.29 is 19.0 Å². The number of aliphatic imine (C=N–C) groups is 1. The second-order valence-electron chi connectivity index (χ2n) is 6.93. The van der Waals surface area contributed by atoms with E-state index in [9.17, 15) is 14.4 Å². The van der Waals surface area contributed by atoms with Crippen LogP contribution >= 0.6 is 11.6 Å². The molecule has 1 aliphatic carbocycles. The highest BCUT2D eigenvalue weighted by atomic mass is 35.5. The highest BCUT2D eigenvalue weighted by Crippen LogP contribution is 2.27. The number of halogens is 2. The number of nitrogens with one attached hydrogen (secondary N) is 1. The fraction of sp³-hybridized carbons (Fsp3) is 0.444. The molecular weight excluding hydrogens is 389 g/mol. The summed E-state index contributed by atoms with van der Waals surface area (Å²) < 4.78 is 18.0. The minimum atomic E-state index is -0.586. The van der Waals surface area contributed by atoms with Crippen LogP contribution in [0.4, 0.5) is 10.1 Å². The zero-order valence-corrected chi connectivity index (χ0v) is 15.8. The third-order valence-electron chi connectivity index (χ3n) is 4.80. The number of rotatable bonds is 6. The first-order valence-corrected chi connectivity index (χ1v) is 9.37. The Hall–Kier alpha value is -2.36. The van der Waals surface area contributed by atoms with Gasteiger partial charge in [-0.2, -0.15) is 0 Å². The summed E-state index contributed by atoms with van der Waals surface area (Å²) in [7, 11) is 0. The molecular formula is C18H21ClFN5O3. The fourth-order valence-corrected chi connectivity index (χ4v) is 3.46. The number of hydrogen-bond donors (Lipinski definition) is 3. The van der Waals surface area contributed by atoms with Gasteiger partial charge in [-0.3, -0.25) is 15.5 Å². The van der Waals surface area contributed by atoms with Crippen molar-refractivity contribution in [1.82, 2.24) is 15.8 Å². The first-order valence-electron chi connectivity index (χ1n) is 8.99. The Balaban J connectivity index is 1.71. The number of benzene rings is 1. The number of hydroxylamine groups is 1. The second kappa shape index (κ2) is 9.22. The number of nitrogens with zero attached hydrogens (tertiary/aromatic N) is 3. The first kappa shape index (κ1) is 20.4. The number of Topliss-reactive ketones (excluding diaryl/α,β-unsaturated/α-hetero) is 1. The molecule has 1 saturated carbocycles. The Bertz CT molecular complexity index is 865. The van der Waals surface area contributed by atoms with Crippen molar-refractivity contribution in [2.24, 2.45) is 16.6 Å². The molecule has 1 aliphatic rings. The molecule has 0 radical (unpaired) electrons. The van der Waals surface area contributed by atoms with Crippen LogP contribution in [-0.4, -0.2) is 33.2 Å². The summed E-state index contributed by atoms with van der Waals surface area (Å²) in [5.74, 6) is -0.354. The Morgan fingerprint density at radius 1 is 1.36 bits per heavy atom. The van der Waals surface area contributed by atoms with Crippen LogP contribution in [0.2, 0.25) is 5.02 Å². The summed E-state index contributed by atoms with van der Waals surface area (Å²) in [6.45, 7) is 0. The Labute approximate surface area is 165 Å². The molecule has 1 aromatic heterocycles. The lowest BCUT2D eigenvalue weighted by atomic mass is 9.83. The fourth-order valence-electron chi connectivity index (χ4n) is 3.29. The smallest absolute Gasteiger partial charge is 0.182 e. The van der Waals surface area contributed by atoms with E-state index in [4.69, 9.17) is 22.0 Å². The van der Waals surface area contributed by atoms with Gasteiger partial charge in [0.05, 0.1) is 17.1 Å². The summed E-state index contributed by atoms with van der Waals surface area (Å²) in [5, 5.41) is 16.8. The zero-order valence-electron chi connectivity index (χ0n) is 15.1. The normalized spacial score (nSPS) is 20.2. The van der Waals surface area contributed by atoms with E-state index in [-0.39, 0.29) is 46.2 Å². The van der Waals surface area contributed by atoms with Crippen molar-refractivity contribution in [3.63, 3.8) is 0 Å². The minimum Gasteiger partial charge on any atom is -0.328 e. The maximum absolute atomic E-state index is 13.3.